The summed E-state index contributed by atoms with van der Waals surface area (Å²) in [7, 11) is 1.66. The van der Waals surface area contributed by atoms with Crippen molar-refractivity contribution in [3.63, 3.8) is 0 Å². The summed E-state index contributed by atoms with van der Waals surface area (Å²) in [6.45, 7) is 5.12. The van der Waals surface area contributed by atoms with Crippen molar-refractivity contribution in [2.45, 2.75) is 52.0 Å². The van der Waals surface area contributed by atoms with Crippen molar-refractivity contribution < 1.29 is 24.2 Å². The van der Waals surface area contributed by atoms with E-state index in [2.05, 4.69) is 10.3 Å². The second-order valence-corrected chi connectivity index (χ2v) is 9.74. The molecule has 0 aliphatic carbocycles. The molecule has 0 radical (unpaired) electrons. The van der Waals surface area contributed by atoms with Crippen LogP contribution in [0.1, 0.15) is 32.4 Å². The third-order valence-electron chi connectivity index (χ3n) is 6.74. The molecular weight excluding hydrogens is 474 g/mol. The minimum atomic E-state index is -0.503. The molecule has 2 bridgehead atoms. The van der Waals surface area contributed by atoms with Crippen molar-refractivity contribution in [3.05, 3.63) is 54.4 Å². The topological polar surface area (TPSA) is 110 Å². The molecule has 1 aromatic heterocycles. The number of hydrogen-bond acceptors (Lipinski definition) is 7. The van der Waals surface area contributed by atoms with Crippen molar-refractivity contribution in [2.75, 3.05) is 26.7 Å². The number of amides is 2. The van der Waals surface area contributed by atoms with E-state index in [1.165, 1.54) is 4.90 Å². The van der Waals surface area contributed by atoms with Gasteiger partial charge in [-0.15, -0.1) is 5.10 Å². The summed E-state index contributed by atoms with van der Waals surface area (Å²) in [4.78, 5) is 29.1. The van der Waals surface area contributed by atoms with Crippen LogP contribution in [-0.2, 0) is 22.7 Å². The first-order valence-corrected chi connectivity index (χ1v) is 12.7. The van der Waals surface area contributed by atoms with Crippen LogP contribution in [0.5, 0.6) is 5.75 Å². The summed E-state index contributed by atoms with van der Waals surface area (Å²) >= 11 is 0. The van der Waals surface area contributed by atoms with E-state index in [4.69, 9.17) is 9.47 Å². The first-order chi connectivity index (χ1) is 17.8. The number of hydrogen-bond donors (Lipinski definition) is 1. The minimum Gasteiger partial charge on any atom is -0.410 e. The van der Waals surface area contributed by atoms with Crippen LogP contribution in [-0.4, -0.2) is 80.8 Å². The highest BCUT2D eigenvalue weighted by molar-refractivity contribution is 5.84. The zero-order valence-corrected chi connectivity index (χ0v) is 21.6. The quantitative estimate of drug-likeness (QED) is 0.563. The molecule has 10 heteroatoms. The number of fused-ring (bicyclic) bond motifs is 3. The largest absolute Gasteiger partial charge is 0.415 e. The van der Waals surface area contributed by atoms with Crippen LogP contribution >= 0.6 is 0 Å². The Hall–Kier alpha value is -3.50. The number of carbonyl (C=O) groups excluding carboxylic acids is 2. The molecule has 1 aliphatic rings. The van der Waals surface area contributed by atoms with Gasteiger partial charge in [-0.2, -0.15) is 0 Å². The number of likely N-dealkylation sites (N-methyl/N-ethyl adjacent to an activating group) is 1. The highest BCUT2D eigenvalue weighted by Gasteiger charge is 2.29. The zero-order valence-electron chi connectivity index (χ0n) is 21.6. The van der Waals surface area contributed by atoms with Crippen molar-refractivity contribution >= 4 is 22.8 Å². The predicted molar refractivity (Wildman–Crippen MR) is 138 cm³/mol. The Balaban J connectivity index is 1.48. The van der Waals surface area contributed by atoms with Crippen LogP contribution < -0.4 is 4.74 Å². The fourth-order valence-electron chi connectivity index (χ4n) is 4.45. The van der Waals surface area contributed by atoms with Gasteiger partial charge in [0.25, 0.3) is 0 Å². The Morgan fingerprint density at radius 1 is 1.27 bits per heavy atom. The second-order valence-electron chi connectivity index (χ2n) is 9.74. The zero-order chi connectivity index (χ0) is 26.4. The van der Waals surface area contributed by atoms with Crippen LogP contribution in [0.4, 0.5) is 4.79 Å². The molecule has 0 unspecified atom stereocenters. The molecule has 0 spiro atoms. The standard InChI is InChI=1S/C27H35N5O5/c1-19-14-32(20(2)17-33)26(34)9-6-12-31-15-23(28-29-31)18-36-25(19)16-30(3)27(35)37-24-11-10-21-7-4-5-8-22(21)13-24/h4-5,7-8,10-11,13,15,19-20,25,33H,6,9,12,14,16-18H2,1-3H3/t19-,20+,25+/m0/s1. The first-order valence-electron chi connectivity index (χ1n) is 12.7. The number of nitrogens with zero attached hydrogens (tertiary/aromatic N) is 5. The molecule has 2 aromatic carbocycles. The summed E-state index contributed by atoms with van der Waals surface area (Å²) in [6, 6.07) is 13.1. The summed E-state index contributed by atoms with van der Waals surface area (Å²) in [5.74, 6) is 0.296. The van der Waals surface area contributed by atoms with Gasteiger partial charge >= 0.3 is 6.09 Å². The molecule has 4 rings (SSSR count). The van der Waals surface area contributed by atoms with Gasteiger partial charge in [-0.1, -0.05) is 42.5 Å². The number of aliphatic hydroxyl groups excluding tert-OH is 1. The number of aromatic nitrogens is 3. The number of rotatable bonds is 5. The smallest absolute Gasteiger partial charge is 0.410 e. The number of benzene rings is 2. The van der Waals surface area contributed by atoms with Gasteiger partial charge in [-0.3, -0.25) is 9.48 Å². The van der Waals surface area contributed by atoms with Gasteiger partial charge in [-0.25, -0.2) is 4.79 Å². The van der Waals surface area contributed by atoms with Gasteiger partial charge in [-0.05, 0) is 36.2 Å². The molecule has 2 heterocycles. The van der Waals surface area contributed by atoms with Crippen LogP contribution in [0.25, 0.3) is 10.8 Å². The molecule has 10 nitrogen and oxygen atoms in total. The molecule has 3 atom stereocenters. The fourth-order valence-corrected chi connectivity index (χ4v) is 4.45. The number of carbonyl (C=O) groups is 2. The van der Waals surface area contributed by atoms with Crippen molar-refractivity contribution in [1.82, 2.24) is 24.8 Å². The highest BCUT2D eigenvalue weighted by atomic mass is 16.6. The van der Waals surface area contributed by atoms with Crippen molar-refractivity contribution in [1.29, 1.82) is 0 Å². The van der Waals surface area contributed by atoms with Crippen LogP contribution in [0.3, 0.4) is 0 Å². The fraction of sp³-hybridized carbons (Fsp3) is 0.481. The number of aliphatic hydroxyl groups is 1. The van der Waals surface area contributed by atoms with E-state index in [9.17, 15) is 14.7 Å². The molecule has 1 N–H and O–H groups in total. The molecule has 2 amide bonds. The maximum Gasteiger partial charge on any atom is 0.415 e. The Bertz CT molecular complexity index is 1210. The monoisotopic (exact) mass is 509 g/mol. The second kappa shape index (κ2) is 12.2. The summed E-state index contributed by atoms with van der Waals surface area (Å²) in [5.41, 5.74) is 0.685. The summed E-state index contributed by atoms with van der Waals surface area (Å²) < 4.78 is 13.6. The summed E-state index contributed by atoms with van der Waals surface area (Å²) in [5, 5.41) is 20.1. The molecule has 0 saturated heterocycles. The van der Waals surface area contributed by atoms with E-state index < -0.39 is 12.2 Å². The van der Waals surface area contributed by atoms with E-state index in [0.29, 0.717) is 37.4 Å². The number of ether oxygens (including phenoxy) is 2. The van der Waals surface area contributed by atoms with Gasteiger partial charge in [0.05, 0.1) is 38.1 Å². The molecule has 0 saturated carbocycles. The maximum atomic E-state index is 13.0. The first kappa shape index (κ1) is 26.6. The Kier molecular flexibility index (Phi) is 8.73. The summed E-state index contributed by atoms with van der Waals surface area (Å²) in [6.07, 6.45) is 1.86. The normalized spacial score (nSPS) is 20.0. The molecule has 37 heavy (non-hydrogen) atoms. The third-order valence-corrected chi connectivity index (χ3v) is 6.74. The van der Waals surface area contributed by atoms with Gasteiger partial charge in [0.1, 0.15) is 11.4 Å². The molecule has 198 valence electrons. The van der Waals surface area contributed by atoms with Gasteiger partial charge < -0.3 is 24.4 Å². The Labute approximate surface area is 216 Å². The van der Waals surface area contributed by atoms with Crippen molar-refractivity contribution in [3.8, 4) is 5.75 Å². The van der Waals surface area contributed by atoms with Crippen molar-refractivity contribution in [2.24, 2.45) is 5.92 Å². The van der Waals surface area contributed by atoms with Crippen LogP contribution in [0, 0.1) is 5.92 Å². The molecule has 3 aromatic rings. The van der Waals surface area contributed by atoms with Gasteiger partial charge in [0.2, 0.25) is 5.91 Å². The minimum absolute atomic E-state index is 0.0317. The Morgan fingerprint density at radius 3 is 2.84 bits per heavy atom. The lowest BCUT2D eigenvalue weighted by Gasteiger charge is -2.35. The lowest BCUT2D eigenvalue weighted by molar-refractivity contribution is -0.136. The average molecular weight is 510 g/mol. The van der Waals surface area contributed by atoms with E-state index in [1.54, 1.807) is 22.7 Å². The Morgan fingerprint density at radius 2 is 2.05 bits per heavy atom. The number of aryl methyl sites for hydroxylation is 1. The van der Waals surface area contributed by atoms with Crippen LogP contribution in [0.15, 0.2) is 48.7 Å². The van der Waals surface area contributed by atoms with Crippen LogP contribution in [0.2, 0.25) is 0 Å². The predicted octanol–water partition coefficient (Wildman–Crippen LogP) is 3.09. The third kappa shape index (κ3) is 6.84. The van der Waals surface area contributed by atoms with E-state index >= 15 is 0 Å². The van der Waals surface area contributed by atoms with E-state index in [-0.39, 0.29) is 37.6 Å². The van der Waals surface area contributed by atoms with E-state index in [0.717, 1.165) is 10.8 Å². The lowest BCUT2D eigenvalue weighted by atomic mass is 10.0. The van der Waals surface area contributed by atoms with Gasteiger partial charge in [0.15, 0.2) is 0 Å². The molecular formula is C27H35N5O5. The average Bonchev–Trinajstić information content (AvgIpc) is 3.36. The highest BCUT2D eigenvalue weighted by Crippen LogP contribution is 2.22. The SMILES string of the molecule is C[C@H](CO)N1C[C@H](C)[C@@H](CN(C)C(=O)Oc2ccc3ccccc3c2)OCc2cn(nn2)CCCC1=O. The maximum absolute atomic E-state index is 13.0. The van der Waals surface area contributed by atoms with E-state index in [1.807, 2.05) is 56.4 Å². The lowest BCUT2D eigenvalue weighted by Crippen LogP contribution is -2.48. The molecule has 1 aliphatic heterocycles. The van der Waals surface area contributed by atoms with Gasteiger partial charge in [0, 0.05) is 32.5 Å². The molecule has 0 fully saturated rings.